The van der Waals surface area contributed by atoms with Gasteiger partial charge in [-0.05, 0) is 31.4 Å². The number of aryl methyl sites for hydroxylation is 2. The molecule has 2 amide bonds. The zero-order chi connectivity index (χ0) is 18.0. The first-order chi connectivity index (χ1) is 11.8. The number of nitrogens with zero attached hydrogens (tertiary/aromatic N) is 1. The van der Waals surface area contributed by atoms with Crippen LogP contribution in [0.25, 0.3) is 0 Å². The molecule has 2 aliphatic heterocycles. The molecule has 2 heterocycles. The molecule has 1 N–H and O–H groups in total. The summed E-state index contributed by atoms with van der Waals surface area (Å²) < 4.78 is 29.1. The molecule has 2 fully saturated rings. The van der Waals surface area contributed by atoms with E-state index in [1.54, 1.807) is 4.90 Å². The van der Waals surface area contributed by atoms with Gasteiger partial charge in [-0.25, -0.2) is 13.2 Å². The van der Waals surface area contributed by atoms with Gasteiger partial charge in [-0.2, -0.15) is 0 Å². The Morgan fingerprint density at radius 3 is 2.36 bits per heavy atom. The van der Waals surface area contributed by atoms with Crippen molar-refractivity contribution in [2.24, 2.45) is 0 Å². The number of sulfone groups is 1. The number of hydrogen-bond donors (Lipinski definition) is 1. The lowest BCUT2D eigenvalue weighted by atomic mass is 10.1. The number of carbonyl (C=O) groups is 1. The van der Waals surface area contributed by atoms with E-state index in [0.29, 0.717) is 19.5 Å². The molecule has 25 heavy (non-hydrogen) atoms. The lowest BCUT2D eigenvalue weighted by Gasteiger charge is -2.33. The number of nitrogens with one attached hydrogen (secondary N) is 1. The quantitative estimate of drug-likeness (QED) is 0.888. The molecule has 1 atom stereocenters. The van der Waals surface area contributed by atoms with Crippen molar-refractivity contribution in [3.05, 3.63) is 29.3 Å². The maximum Gasteiger partial charge on any atom is 0.317 e. The standard InChI is InChI=1S/C18H26N2O4S/c1-13-4-3-5-14(2)17(13)24-16-6-9-20(10-7-16)18(21)19-15-8-11-25(22,23)12-15/h3-5,15-16H,6-12H2,1-2H3,(H,19,21)/t15-/m1/s1. The molecule has 1 aromatic carbocycles. The summed E-state index contributed by atoms with van der Waals surface area (Å²) in [4.78, 5) is 14.1. The molecular weight excluding hydrogens is 340 g/mol. The second kappa shape index (κ2) is 7.23. The summed E-state index contributed by atoms with van der Waals surface area (Å²) >= 11 is 0. The van der Waals surface area contributed by atoms with Crippen LogP contribution in [0.2, 0.25) is 0 Å². The highest BCUT2D eigenvalue weighted by Gasteiger charge is 2.31. The molecule has 0 unspecified atom stereocenters. The van der Waals surface area contributed by atoms with E-state index in [4.69, 9.17) is 4.74 Å². The van der Waals surface area contributed by atoms with Crippen LogP contribution in [0.4, 0.5) is 4.79 Å². The molecule has 0 aliphatic carbocycles. The van der Waals surface area contributed by atoms with Gasteiger partial charge in [-0.1, -0.05) is 18.2 Å². The summed E-state index contributed by atoms with van der Waals surface area (Å²) in [5.74, 6) is 1.18. The van der Waals surface area contributed by atoms with E-state index in [9.17, 15) is 13.2 Å². The molecule has 138 valence electrons. The van der Waals surface area contributed by atoms with Crippen LogP contribution < -0.4 is 10.1 Å². The molecule has 0 radical (unpaired) electrons. The number of rotatable bonds is 3. The fourth-order valence-corrected chi connectivity index (χ4v) is 5.18. The van der Waals surface area contributed by atoms with Crippen LogP contribution in [0.3, 0.4) is 0 Å². The Labute approximate surface area is 149 Å². The zero-order valence-corrected chi connectivity index (χ0v) is 15.6. The van der Waals surface area contributed by atoms with E-state index in [-0.39, 0.29) is 29.7 Å². The van der Waals surface area contributed by atoms with Crippen LogP contribution in [0, 0.1) is 13.8 Å². The molecule has 0 saturated carbocycles. The van der Waals surface area contributed by atoms with Gasteiger partial charge >= 0.3 is 6.03 Å². The van der Waals surface area contributed by atoms with Crippen molar-refractivity contribution in [3.63, 3.8) is 0 Å². The third-order valence-corrected chi connectivity index (χ3v) is 6.75. The first kappa shape index (κ1) is 18.0. The molecular formula is C18H26N2O4S. The summed E-state index contributed by atoms with van der Waals surface area (Å²) in [5.41, 5.74) is 2.25. The minimum absolute atomic E-state index is 0.0604. The largest absolute Gasteiger partial charge is 0.490 e. The van der Waals surface area contributed by atoms with Crippen molar-refractivity contribution in [1.29, 1.82) is 0 Å². The number of hydrogen-bond acceptors (Lipinski definition) is 4. The highest BCUT2D eigenvalue weighted by molar-refractivity contribution is 7.91. The highest BCUT2D eigenvalue weighted by atomic mass is 32.2. The normalized spacial score (nSPS) is 23.4. The predicted molar refractivity (Wildman–Crippen MR) is 96.7 cm³/mol. The van der Waals surface area contributed by atoms with E-state index in [2.05, 4.69) is 5.32 Å². The summed E-state index contributed by atoms with van der Waals surface area (Å²) in [6, 6.07) is 5.70. The number of amides is 2. The van der Waals surface area contributed by atoms with Crippen molar-refractivity contribution >= 4 is 15.9 Å². The van der Waals surface area contributed by atoms with Crippen LogP contribution in [0.1, 0.15) is 30.4 Å². The molecule has 1 aromatic rings. The Morgan fingerprint density at radius 1 is 1.16 bits per heavy atom. The minimum atomic E-state index is -2.98. The smallest absolute Gasteiger partial charge is 0.317 e. The molecule has 2 aliphatic rings. The number of likely N-dealkylation sites (tertiary alicyclic amines) is 1. The van der Waals surface area contributed by atoms with Crippen LogP contribution in [0.5, 0.6) is 5.75 Å². The maximum atomic E-state index is 12.3. The highest BCUT2D eigenvalue weighted by Crippen LogP contribution is 2.26. The molecule has 7 heteroatoms. The second-order valence-corrected chi connectivity index (χ2v) is 9.30. The zero-order valence-electron chi connectivity index (χ0n) is 14.8. The van der Waals surface area contributed by atoms with E-state index in [1.165, 1.54) is 0 Å². The van der Waals surface area contributed by atoms with Crippen molar-refractivity contribution in [1.82, 2.24) is 10.2 Å². The van der Waals surface area contributed by atoms with Crippen LogP contribution in [-0.2, 0) is 9.84 Å². The topological polar surface area (TPSA) is 75.7 Å². The number of ether oxygens (including phenoxy) is 1. The van der Waals surface area contributed by atoms with Gasteiger partial charge in [0.05, 0.1) is 11.5 Å². The van der Waals surface area contributed by atoms with Crippen molar-refractivity contribution < 1.29 is 17.9 Å². The van der Waals surface area contributed by atoms with Gasteiger partial charge in [0.1, 0.15) is 11.9 Å². The van der Waals surface area contributed by atoms with Gasteiger partial charge in [0.25, 0.3) is 0 Å². The average molecular weight is 366 g/mol. The molecule has 6 nitrogen and oxygen atoms in total. The molecule has 2 saturated heterocycles. The predicted octanol–water partition coefficient (Wildman–Crippen LogP) is 2.04. The Morgan fingerprint density at radius 2 is 1.80 bits per heavy atom. The summed E-state index contributed by atoms with van der Waals surface area (Å²) in [6.45, 7) is 5.34. The average Bonchev–Trinajstić information content (AvgIpc) is 2.90. The van der Waals surface area contributed by atoms with Gasteiger partial charge in [-0.15, -0.1) is 0 Å². The number of benzene rings is 1. The molecule has 0 aromatic heterocycles. The van der Waals surface area contributed by atoms with Gasteiger partial charge in [0, 0.05) is 32.0 Å². The van der Waals surface area contributed by atoms with Crippen LogP contribution in [0.15, 0.2) is 18.2 Å². The first-order valence-electron chi connectivity index (χ1n) is 8.83. The fourth-order valence-electron chi connectivity index (χ4n) is 3.50. The van der Waals surface area contributed by atoms with Gasteiger partial charge < -0.3 is 15.0 Å². The number of urea groups is 1. The fraction of sp³-hybridized carbons (Fsp3) is 0.611. The number of para-hydroxylation sites is 1. The number of carbonyl (C=O) groups excluding carboxylic acids is 1. The summed E-state index contributed by atoms with van der Waals surface area (Å²) in [6.07, 6.45) is 2.19. The van der Waals surface area contributed by atoms with Gasteiger partial charge in [0.2, 0.25) is 0 Å². The van der Waals surface area contributed by atoms with Crippen molar-refractivity contribution in [2.75, 3.05) is 24.6 Å². The minimum Gasteiger partial charge on any atom is -0.490 e. The third-order valence-electron chi connectivity index (χ3n) is 4.98. The summed E-state index contributed by atoms with van der Waals surface area (Å²) in [5, 5.41) is 2.85. The van der Waals surface area contributed by atoms with Crippen LogP contribution >= 0.6 is 0 Å². The number of piperidine rings is 1. The lowest BCUT2D eigenvalue weighted by molar-refractivity contribution is 0.109. The first-order valence-corrected chi connectivity index (χ1v) is 10.6. The van der Waals surface area contributed by atoms with E-state index in [1.807, 2.05) is 32.0 Å². The van der Waals surface area contributed by atoms with Crippen molar-refractivity contribution in [3.8, 4) is 5.75 Å². The van der Waals surface area contributed by atoms with E-state index >= 15 is 0 Å². The van der Waals surface area contributed by atoms with Gasteiger partial charge in [0.15, 0.2) is 9.84 Å². The van der Waals surface area contributed by atoms with E-state index in [0.717, 1.165) is 29.7 Å². The van der Waals surface area contributed by atoms with Gasteiger partial charge in [-0.3, -0.25) is 0 Å². The van der Waals surface area contributed by atoms with Crippen molar-refractivity contribution in [2.45, 2.75) is 45.3 Å². The maximum absolute atomic E-state index is 12.3. The third kappa shape index (κ3) is 4.45. The van der Waals surface area contributed by atoms with Crippen LogP contribution in [-0.4, -0.2) is 56.1 Å². The Kier molecular flexibility index (Phi) is 5.22. The Hall–Kier alpha value is -1.76. The molecule has 0 spiro atoms. The SMILES string of the molecule is Cc1cccc(C)c1OC1CCN(C(=O)N[C@@H]2CCS(=O)(=O)C2)CC1. The lowest BCUT2D eigenvalue weighted by Crippen LogP contribution is -2.49. The monoisotopic (exact) mass is 366 g/mol. The summed E-state index contributed by atoms with van der Waals surface area (Å²) in [7, 11) is -2.98. The van der Waals surface area contributed by atoms with E-state index < -0.39 is 9.84 Å². The molecule has 0 bridgehead atoms. The Bertz CT molecular complexity index is 719. The second-order valence-electron chi connectivity index (χ2n) is 7.07. The molecule has 3 rings (SSSR count). The Balaban J connectivity index is 1.49.